The summed E-state index contributed by atoms with van der Waals surface area (Å²) >= 11 is 0. The van der Waals surface area contributed by atoms with Crippen LogP contribution in [0.2, 0.25) is 0 Å². The lowest BCUT2D eigenvalue weighted by atomic mass is 9.81. The van der Waals surface area contributed by atoms with Crippen LogP contribution < -0.4 is 15.4 Å². The summed E-state index contributed by atoms with van der Waals surface area (Å²) in [7, 11) is -3.61. The Balaban J connectivity index is 1.25. The highest BCUT2D eigenvalue weighted by molar-refractivity contribution is 7.89. The minimum absolute atomic E-state index is 0.0277. The molecule has 0 radical (unpaired) electrons. The number of fused-ring (bicyclic) bond motifs is 1. The minimum Gasteiger partial charge on any atom is -0.353 e. The third-order valence-electron chi connectivity index (χ3n) is 7.65. The van der Waals surface area contributed by atoms with Crippen molar-refractivity contribution >= 4 is 27.5 Å². The van der Waals surface area contributed by atoms with Gasteiger partial charge in [0.25, 0.3) is 0 Å². The number of aryl methyl sites for hydroxylation is 1. The highest BCUT2D eigenvalue weighted by atomic mass is 32.2. The normalized spacial score (nSPS) is 28.3. The predicted octanol–water partition coefficient (Wildman–Crippen LogP) is 3.74. The largest absolute Gasteiger partial charge is 0.353 e. The maximum atomic E-state index is 12.9. The minimum atomic E-state index is -3.61. The Labute approximate surface area is 197 Å². The molecule has 0 aromatic heterocycles. The molecule has 1 aliphatic heterocycles. The fraction of sp³-hybridized carbons (Fsp3) is 0.680. The number of benzene rings is 1. The van der Waals surface area contributed by atoms with E-state index in [2.05, 4.69) is 22.3 Å². The molecule has 3 aliphatic rings. The molecule has 4 rings (SSSR count). The molecule has 1 aromatic carbocycles. The zero-order chi connectivity index (χ0) is 23.4. The van der Waals surface area contributed by atoms with Crippen molar-refractivity contribution in [2.75, 3.05) is 11.9 Å². The molecule has 0 unspecified atom stereocenters. The number of anilines is 1. The van der Waals surface area contributed by atoms with E-state index in [1.54, 1.807) is 18.2 Å². The Morgan fingerprint density at radius 1 is 1.03 bits per heavy atom. The Hall–Kier alpha value is -1.93. The van der Waals surface area contributed by atoms with Crippen LogP contribution in [0, 0.1) is 17.8 Å². The molecule has 182 valence electrons. The zero-order valence-corrected chi connectivity index (χ0v) is 20.4. The van der Waals surface area contributed by atoms with Crippen LogP contribution in [0.1, 0.15) is 76.7 Å². The molecule has 3 N–H and O–H groups in total. The van der Waals surface area contributed by atoms with Gasteiger partial charge in [0.1, 0.15) is 0 Å². The van der Waals surface area contributed by atoms with Gasteiger partial charge in [-0.05, 0) is 99.8 Å². The van der Waals surface area contributed by atoms with Gasteiger partial charge in [-0.3, -0.25) is 9.59 Å². The lowest BCUT2D eigenvalue weighted by Crippen LogP contribution is -2.42. The Kier molecular flexibility index (Phi) is 7.74. The van der Waals surface area contributed by atoms with Gasteiger partial charge in [-0.1, -0.05) is 6.92 Å². The summed E-state index contributed by atoms with van der Waals surface area (Å²) in [5.41, 5.74) is 1.57. The molecule has 8 heteroatoms. The summed E-state index contributed by atoms with van der Waals surface area (Å²) in [5, 5.41) is 6.10. The van der Waals surface area contributed by atoms with E-state index >= 15 is 0 Å². The van der Waals surface area contributed by atoms with Gasteiger partial charge in [0, 0.05) is 30.6 Å². The van der Waals surface area contributed by atoms with E-state index in [9.17, 15) is 18.0 Å². The third kappa shape index (κ3) is 6.35. The lowest BCUT2D eigenvalue weighted by molar-refractivity contribution is -0.127. The van der Waals surface area contributed by atoms with E-state index in [0.717, 1.165) is 50.0 Å². The second-order valence-electron chi connectivity index (χ2n) is 10.3. The van der Waals surface area contributed by atoms with E-state index in [0.29, 0.717) is 37.5 Å². The second-order valence-corrected chi connectivity index (χ2v) is 12.0. The van der Waals surface area contributed by atoms with Crippen molar-refractivity contribution in [1.82, 2.24) is 10.0 Å². The summed E-state index contributed by atoms with van der Waals surface area (Å²) in [6.07, 6.45) is 9.76. The quantitative estimate of drug-likeness (QED) is 0.583. The van der Waals surface area contributed by atoms with Gasteiger partial charge in [0.05, 0.1) is 4.90 Å². The highest BCUT2D eigenvalue weighted by Gasteiger charge is 2.29. The highest BCUT2D eigenvalue weighted by Crippen LogP contribution is 2.30. The van der Waals surface area contributed by atoms with E-state index in [-0.39, 0.29) is 28.5 Å². The topological polar surface area (TPSA) is 104 Å². The van der Waals surface area contributed by atoms with Crippen LogP contribution in [0.25, 0.3) is 0 Å². The van der Waals surface area contributed by atoms with Gasteiger partial charge in [-0.25, -0.2) is 13.1 Å². The van der Waals surface area contributed by atoms with Gasteiger partial charge in [0.15, 0.2) is 0 Å². The summed E-state index contributed by atoms with van der Waals surface area (Å²) in [6.45, 7) is 2.67. The van der Waals surface area contributed by atoms with Crippen molar-refractivity contribution in [3.63, 3.8) is 0 Å². The molecule has 0 saturated heterocycles. The Morgan fingerprint density at radius 3 is 2.48 bits per heavy atom. The molecule has 1 heterocycles. The van der Waals surface area contributed by atoms with Crippen LogP contribution in [0.4, 0.5) is 5.69 Å². The van der Waals surface area contributed by atoms with Crippen LogP contribution >= 0.6 is 0 Å². The fourth-order valence-electron chi connectivity index (χ4n) is 5.38. The SMILES string of the molecule is CC1CCC(NC(=O)C2CCC(CNS(=O)(=O)c3ccc4c(c3)CCCC(=O)N4)CC2)CC1. The fourth-order valence-corrected chi connectivity index (χ4v) is 6.55. The van der Waals surface area contributed by atoms with Crippen molar-refractivity contribution < 1.29 is 18.0 Å². The van der Waals surface area contributed by atoms with Crippen molar-refractivity contribution in [1.29, 1.82) is 0 Å². The maximum Gasteiger partial charge on any atom is 0.240 e. The number of amides is 2. The number of rotatable bonds is 6. The number of sulfonamides is 1. The molecular formula is C25H37N3O4S. The first-order valence-electron chi connectivity index (χ1n) is 12.5. The smallest absolute Gasteiger partial charge is 0.240 e. The van der Waals surface area contributed by atoms with Gasteiger partial charge < -0.3 is 10.6 Å². The summed E-state index contributed by atoms with van der Waals surface area (Å²) < 4.78 is 28.5. The van der Waals surface area contributed by atoms with E-state index in [4.69, 9.17) is 0 Å². The summed E-state index contributed by atoms with van der Waals surface area (Å²) in [6, 6.07) is 5.24. The lowest BCUT2D eigenvalue weighted by Gasteiger charge is -2.31. The third-order valence-corrected chi connectivity index (χ3v) is 9.07. The number of hydrogen-bond donors (Lipinski definition) is 3. The molecular weight excluding hydrogens is 438 g/mol. The van der Waals surface area contributed by atoms with Crippen molar-refractivity contribution in [2.45, 2.75) is 88.5 Å². The van der Waals surface area contributed by atoms with Gasteiger partial charge in [0.2, 0.25) is 21.8 Å². The molecule has 2 aliphatic carbocycles. The van der Waals surface area contributed by atoms with E-state index in [1.165, 1.54) is 12.8 Å². The molecule has 2 saturated carbocycles. The number of carbonyl (C=O) groups excluding carboxylic acids is 2. The summed E-state index contributed by atoms with van der Waals surface area (Å²) in [5.74, 6) is 1.23. The monoisotopic (exact) mass is 475 g/mol. The molecule has 33 heavy (non-hydrogen) atoms. The van der Waals surface area contributed by atoms with Gasteiger partial charge >= 0.3 is 0 Å². The number of nitrogens with one attached hydrogen (secondary N) is 3. The van der Waals surface area contributed by atoms with Crippen LogP contribution in [0.15, 0.2) is 23.1 Å². The summed E-state index contributed by atoms with van der Waals surface area (Å²) in [4.78, 5) is 24.6. The Bertz CT molecular complexity index is 962. The zero-order valence-electron chi connectivity index (χ0n) is 19.6. The molecule has 0 atom stereocenters. The van der Waals surface area contributed by atoms with Gasteiger partial charge in [-0.15, -0.1) is 0 Å². The molecule has 7 nitrogen and oxygen atoms in total. The van der Waals surface area contributed by atoms with Crippen LogP contribution in [-0.4, -0.2) is 32.8 Å². The number of hydrogen-bond acceptors (Lipinski definition) is 4. The molecule has 1 aromatic rings. The molecule has 2 fully saturated rings. The van der Waals surface area contributed by atoms with Crippen molar-refractivity contribution in [2.24, 2.45) is 17.8 Å². The average molecular weight is 476 g/mol. The Morgan fingerprint density at radius 2 is 1.76 bits per heavy atom. The second kappa shape index (κ2) is 10.6. The molecule has 2 amide bonds. The van der Waals surface area contributed by atoms with Crippen LogP contribution in [-0.2, 0) is 26.0 Å². The first kappa shape index (κ1) is 24.2. The first-order chi connectivity index (χ1) is 15.8. The standard InChI is InChI=1S/C25H37N3O4S/c1-17-5-11-21(12-6-17)27-25(30)19-9-7-18(8-10-19)16-26-33(31,32)22-13-14-23-20(15-22)3-2-4-24(29)28-23/h13-15,17-19,21,26H,2-12,16H2,1H3,(H,27,30)(H,28,29). The first-order valence-corrected chi connectivity index (χ1v) is 14.0. The van der Waals surface area contributed by atoms with Crippen LogP contribution in [0.3, 0.4) is 0 Å². The maximum absolute atomic E-state index is 12.9. The van der Waals surface area contributed by atoms with Crippen molar-refractivity contribution in [3.8, 4) is 0 Å². The number of carbonyl (C=O) groups is 2. The van der Waals surface area contributed by atoms with E-state index < -0.39 is 10.0 Å². The van der Waals surface area contributed by atoms with Crippen LogP contribution in [0.5, 0.6) is 0 Å². The van der Waals surface area contributed by atoms with Gasteiger partial charge in [-0.2, -0.15) is 0 Å². The van der Waals surface area contributed by atoms with E-state index in [1.807, 2.05) is 0 Å². The predicted molar refractivity (Wildman–Crippen MR) is 128 cm³/mol. The molecule has 0 spiro atoms. The average Bonchev–Trinajstić information content (AvgIpc) is 2.99. The van der Waals surface area contributed by atoms with Crippen molar-refractivity contribution in [3.05, 3.63) is 23.8 Å². The molecule has 0 bridgehead atoms.